The molecule has 1 heteroatoms. The van der Waals surface area contributed by atoms with Crippen LogP contribution in [0.15, 0.2) is 29.8 Å². The molecule has 1 aromatic carbocycles. The second-order valence-corrected chi connectivity index (χ2v) is 6.11. The van der Waals surface area contributed by atoms with E-state index in [0.717, 1.165) is 31.8 Å². The van der Waals surface area contributed by atoms with Gasteiger partial charge in [0.25, 0.3) is 0 Å². The van der Waals surface area contributed by atoms with Crippen molar-refractivity contribution < 1.29 is 0 Å². The predicted octanol–water partition coefficient (Wildman–Crippen LogP) is 4.43. The molecule has 1 N–H and O–H groups in total. The first kappa shape index (κ1) is 16.0. The summed E-state index contributed by atoms with van der Waals surface area (Å²) < 4.78 is 0. The first-order valence-electron chi connectivity index (χ1n) is 7.41. The smallest absolute Gasteiger partial charge is 0.00141 e. The molecule has 0 unspecified atom stereocenters. The van der Waals surface area contributed by atoms with E-state index >= 15 is 0 Å². The number of nitrogens with one attached hydrogen (secondary N) is 1. The van der Waals surface area contributed by atoms with Crippen molar-refractivity contribution in [1.29, 1.82) is 0 Å². The molecular weight excluding hydrogens is 230 g/mol. The van der Waals surface area contributed by atoms with Gasteiger partial charge < -0.3 is 5.32 Å². The second-order valence-electron chi connectivity index (χ2n) is 6.11. The van der Waals surface area contributed by atoms with Gasteiger partial charge in [-0.05, 0) is 58.2 Å². The highest BCUT2D eigenvalue weighted by Crippen LogP contribution is 2.13. The lowest BCUT2D eigenvalue weighted by Gasteiger charge is -2.07. The van der Waals surface area contributed by atoms with Crippen LogP contribution < -0.4 is 5.32 Å². The lowest BCUT2D eigenvalue weighted by Crippen LogP contribution is -2.20. The fourth-order valence-electron chi connectivity index (χ4n) is 2.38. The molecule has 0 amide bonds. The van der Waals surface area contributed by atoms with Crippen LogP contribution in [-0.2, 0) is 6.42 Å². The van der Waals surface area contributed by atoms with E-state index in [9.17, 15) is 0 Å². The molecule has 0 spiro atoms. The van der Waals surface area contributed by atoms with Crippen molar-refractivity contribution in [3.63, 3.8) is 0 Å². The van der Waals surface area contributed by atoms with Crippen LogP contribution in [0.5, 0.6) is 0 Å². The normalized spacial score (nSPS) is 12.2. The topological polar surface area (TPSA) is 12.0 Å². The zero-order valence-electron chi connectivity index (χ0n) is 13.2. The molecule has 106 valence electrons. The Hall–Kier alpha value is -1.08. The number of rotatable bonds is 7. The zero-order chi connectivity index (χ0) is 14.3. The number of benzene rings is 1. The molecule has 0 aromatic heterocycles. The molecule has 0 aliphatic rings. The average molecular weight is 259 g/mol. The zero-order valence-corrected chi connectivity index (χ0v) is 13.2. The Morgan fingerprint density at radius 3 is 2.37 bits per heavy atom. The van der Waals surface area contributed by atoms with Gasteiger partial charge in [0.1, 0.15) is 0 Å². The van der Waals surface area contributed by atoms with Gasteiger partial charge in [0.15, 0.2) is 0 Å². The summed E-state index contributed by atoms with van der Waals surface area (Å²) in [4.78, 5) is 0. The van der Waals surface area contributed by atoms with Crippen LogP contribution in [0.1, 0.15) is 43.9 Å². The third-order valence-electron chi connectivity index (χ3n) is 3.13. The van der Waals surface area contributed by atoms with Crippen molar-refractivity contribution in [1.82, 2.24) is 5.32 Å². The van der Waals surface area contributed by atoms with Crippen molar-refractivity contribution >= 4 is 0 Å². The van der Waals surface area contributed by atoms with Crippen molar-refractivity contribution in [3.8, 4) is 0 Å². The first-order valence-corrected chi connectivity index (χ1v) is 7.41. The number of aryl methyl sites for hydroxylation is 2. The van der Waals surface area contributed by atoms with Crippen molar-refractivity contribution in [2.45, 2.75) is 47.5 Å². The van der Waals surface area contributed by atoms with Gasteiger partial charge in [0.2, 0.25) is 0 Å². The molecule has 1 nitrogen and oxygen atoms in total. The molecule has 0 bridgehead atoms. The highest BCUT2D eigenvalue weighted by molar-refractivity contribution is 5.31. The van der Waals surface area contributed by atoms with E-state index in [2.05, 4.69) is 64.2 Å². The Labute approximate surface area is 119 Å². The minimum atomic E-state index is 0.736. The van der Waals surface area contributed by atoms with Gasteiger partial charge >= 0.3 is 0 Å². The van der Waals surface area contributed by atoms with Crippen LogP contribution >= 0.6 is 0 Å². The number of hydrogen-bond acceptors (Lipinski definition) is 1. The average Bonchev–Trinajstić information content (AvgIpc) is 2.26. The highest BCUT2D eigenvalue weighted by Gasteiger charge is 1.98. The molecule has 1 aromatic rings. The summed E-state index contributed by atoms with van der Waals surface area (Å²) in [6.45, 7) is 13.3. The van der Waals surface area contributed by atoms with E-state index in [4.69, 9.17) is 0 Å². The summed E-state index contributed by atoms with van der Waals surface area (Å²) in [6.07, 6.45) is 4.57. The lowest BCUT2D eigenvalue weighted by molar-refractivity contribution is 0.556. The van der Waals surface area contributed by atoms with Crippen LogP contribution in [0.3, 0.4) is 0 Å². The molecule has 0 heterocycles. The van der Waals surface area contributed by atoms with Gasteiger partial charge in [-0.25, -0.2) is 0 Å². The third kappa shape index (κ3) is 7.17. The molecule has 1 rings (SSSR count). The first-order chi connectivity index (χ1) is 8.97. The van der Waals surface area contributed by atoms with Gasteiger partial charge in [-0.2, -0.15) is 0 Å². The summed E-state index contributed by atoms with van der Waals surface area (Å²) in [5, 5.41) is 3.48. The van der Waals surface area contributed by atoms with Gasteiger partial charge in [-0.3, -0.25) is 0 Å². The molecule has 0 radical (unpaired) electrons. The standard InChI is InChI=1S/C18H29N/c1-14(2)13-19-8-6-7-15(3)10-18-11-16(4)9-17(5)12-18/h7,9,11-12,14,19H,6,8,10,13H2,1-5H3. The molecule has 0 saturated carbocycles. The molecule has 0 saturated heterocycles. The maximum atomic E-state index is 3.48. The highest BCUT2D eigenvalue weighted by atomic mass is 14.8. The van der Waals surface area contributed by atoms with Gasteiger partial charge in [-0.15, -0.1) is 0 Å². The fraction of sp³-hybridized carbons (Fsp3) is 0.556. The molecule has 0 fully saturated rings. The molecule has 19 heavy (non-hydrogen) atoms. The fourth-order valence-corrected chi connectivity index (χ4v) is 2.38. The maximum Gasteiger partial charge on any atom is -0.00141 e. The molecule has 0 atom stereocenters. The summed E-state index contributed by atoms with van der Waals surface area (Å²) >= 11 is 0. The monoisotopic (exact) mass is 259 g/mol. The van der Waals surface area contributed by atoms with Crippen molar-refractivity contribution in [3.05, 3.63) is 46.5 Å². The third-order valence-corrected chi connectivity index (χ3v) is 3.13. The van der Waals surface area contributed by atoms with Gasteiger partial charge in [0.05, 0.1) is 0 Å². The van der Waals surface area contributed by atoms with Crippen LogP contribution in [0.25, 0.3) is 0 Å². The minimum Gasteiger partial charge on any atom is -0.316 e. The molecule has 0 aliphatic carbocycles. The van der Waals surface area contributed by atoms with Crippen LogP contribution in [0.2, 0.25) is 0 Å². The Bertz CT molecular complexity index is 395. The molecular formula is C18H29N. The Morgan fingerprint density at radius 1 is 1.16 bits per heavy atom. The van der Waals surface area contributed by atoms with Crippen molar-refractivity contribution in [2.75, 3.05) is 13.1 Å². The Morgan fingerprint density at radius 2 is 1.79 bits per heavy atom. The molecule has 0 aliphatic heterocycles. The van der Waals surface area contributed by atoms with E-state index in [-0.39, 0.29) is 0 Å². The minimum absolute atomic E-state index is 0.736. The maximum absolute atomic E-state index is 3.48. The van der Waals surface area contributed by atoms with Crippen LogP contribution in [0.4, 0.5) is 0 Å². The van der Waals surface area contributed by atoms with E-state index in [1.807, 2.05) is 0 Å². The SMILES string of the molecule is CC(=CCCNCC(C)C)Cc1cc(C)cc(C)c1. The lowest BCUT2D eigenvalue weighted by atomic mass is 10.0. The quantitative estimate of drug-likeness (QED) is 0.564. The number of hydrogen-bond donors (Lipinski definition) is 1. The van der Waals surface area contributed by atoms with E-state index in [0.29, 0.717) is 0 Å². The van der Waals surface area contributed by atoms with E-state index in [1.54, 1.807) is 0 Å². The van der Waals surface area contributed by atoms with Crippen molar-refractivity contribution in [2.24, 2.45) is 5.92 Å². The van der Waals surface area contributed by atoms with E-state index in [1.165, 1.54) is 22.3 Å². The number of allylic oxidation sites excluding steroid dienone is 1. The second kappa shape index (κ2) is 8.16. The summed E-state index contributed by atoms with van der Waals surface area (Å²) in [7, 11) is 0. The Kier molecular flexibility index (Phi) is 6.86. The van der Waals surface area contributed by atoms with Crippen LogP contribution in [-0.4, -0.2) is 13.1 Å². The summed E-state index contributed by atoms with van der Waals surface area (Å²) in [5.41, 5.74) is 5.63. The Balaban J connectivity index is 2.39. The van der Waals surface area contributed by atoms with Gasteiger partial charge in [0, 0.05) is 0 Å². The largest absolute Gasteiger partial charge is 0.316 e. The predicted molar refractivity (Wildman–Crippen MR) is 85.7 cm³/mol. The van der Waals surface area contributed by atoms with E-state index < -0.39 is 0 Å². The summed E-state index contributed by atoms with van der Waals surface area (Å²) in [6, 6.07) is 6.82. The summed E-state index contributed by atoms with van der Waals surface area (Å²) in [5.74, 6) is 0.736. The van der Waals surface area contributed by atoms with Gasteiger partial charge in [-0.1, -0.05) is 54.8 Å². The van der Waals surface area contributed by atoms with Crippen LogP contribution in [0, 0.1) is 19.8 Å².